The molecule has 3 N–H and O–H groups in total. The number of unbranched alkanes of at least 4 members (excludes halogenated alkanes) is 20. The molecule has 272 valence electrons. The number of phosphoric ester groups is 1. The number of esters is 2. The van der Waals surface area contributed by atoms with Crippen LogP contribution in [0.25, 0.3) is 0 Å². The minimum absolute atomic E-state index is 0. The molecule has 0 aliphatic heterocycles. The Labute approximate surface area is 307 Å². The summed E-state index contributed by atoms with van der Waals surface area (Å²) < 4.78 is 32.1. The Morgan fingerprint density at radius 3 is 1.36 bits per heavy atom. The van der Waals surface area contributed by atoms with Crippen LogP contribution in [0.3, 0.4) is 0 Å². The van der Waals surface area contributed by atoms with Crippen LogP contribution in [0.1, 0.15) is 168 Å². The fourth-order valence-corrected chi connectivity index (χ4v) is 5.73. The van der Waals surface area contributed by atoms with Crippen LogP contribution in [0.2, 0.25) is 0 Å². The van der Waals surface area contributed by atoms with E-state index in [1.165, 1.54) is 89.9 Å². The first-order chi connectivity index (χ1) is 22.1. The van der Waals surface area contributed by atoms with Gasteiger partial charge < -0.3 is 39.0 Å². The second-order valence-electron chi connectivity index (χ2n) is 12.4. The largest absolute Gasteiger partial charge is 1.00 e. The van der Waals surface area contributed by atoms with Gasteiger partial charge in [-0.15, -0.1) is 0 Å². The molecule has 11 nitrogen and oxygen atoms in total. The summed E-state index contributed by atoms with van der Waals surface area (Å²) in [5.41, 5.74) is 3.23. The normalized spacial score (nSPS) is 13.7. The number of carboxylic acids is 1. The fourth-order valence-electron chi connectivity index (χ4n) is 4.95. The van der Waals surface area contributed by atoms with Gasteiger partial charge in [-0.2, -0.15) is 0 Å². The van der Waals surface area contributed by atoms with Gasteiger partial charge in [-0.3, -0.25) is 14.2 Å². The van der Waals surface area contributed by atoms with E-state index in [0.717, 1.165) is 38.5 Å². The van der Waals surface area contributed by atoms with E-state index < -0.39 is 51.1 Å². The summed E-state index contributed by atoms with van der Waals surface area (Å²) in [7, 11) is -4.93. The molecular weight excluding hydrogens is 636 g/mol. The molecule has 0 amide bonds. The fraction of sp³-hybridized carbons (Fsp3) is 0.912. The maximum absolute atomic E-state index is 12.5. The average Bonchev–Trinajstić information content (AvgIpc) is 3.02. The molecule has 3 unspecified atom stereocenters. The summed E-state index contributed by atoms with van der Waals surface area (Å²) >= 11 is 0. The predicted molar refractivity (Wildman–Crippen MR) is 174 cm³/mol. The van der Waals surface area contributed by atoms with Crippen LogP contribution in [0, 0.1) is 0 Å². The molecule has 0 spiro atoms. The van der Waals surface area contributed by atoms with Crippen LogP contribution in [0.15, 0.2) is 0 Å². The molecule has 0 aromatic heterocycles. The van der Waals surface area contributed by atoms with Crippen LogP contribution in [0.4, 0.5) is 0 Å². The number of phosphoric acid groups is 1. The molecule has 0 aromatic carbocycles. The van der Waals surface area contributed by atoms with Gasteiger partial charge in [-0.25, -0.2) is 0 Å². The van der Waals surface area contributed by atoms with Crippen molar-refractivity contribution in [3.63, 3.8) is 0 Å². The Balaban J connectivity index is 0. The van der Waals surface area contributed by atoms with Crippen molar-refractivity contribution in [2.24, 2.45) is 0 Å². The van der Waals surface area contributed by atoms with Crippen LogP contribution in [0.5, 0.6) is 0 Å². The van der Waals surface area contributed by atoms with Gasteiger partial charge in [0.2, 0.25) is 0 Å². The van der Waals surface area contributed by atoms with Crippen molar-refractivity contribution >= 4 is 25.7 Å². The number of ether oxygens (including phenoxy) is 2. The van der Waals surface area contributed by atoms with Crippen molar-refractivity contribution in [3.8, 4) is 0 Å². The molecule has 0 rings (SSSR count). The van der Waals surface area contributed by atoms with Gasteiger partial charge in [0.25, 0.3) is 7.82 Å². The van der Waals surface area contributed by atoms with Crippen molar-refractivity contribution in [3.05, 3.63) is 0 Å². The topological polar surface area (TPSA) is 179 Å². The van der Waals surface area contributed by atoms with Gasteiger partial charge in [-0.1, -0.05) is 142 Å². The van der Waals surface area contributed by atoms with Crippen molar-refractivity contribution in [1.29, 1.82) is 0 Å². The van der Waals surface area contributed by atoms with E-state index >= 15 is 0 Å². The second-order valence-corrected chi connectivity index (χ2v) is 13.8. The number of quaternary nitrogens is 1. The maximum Gasteiger partial charge on any atom is 1.00 e. The molecule has 0 saturated heterocycles. The number of carbonyl (C=O) groups excluding carboxylic acids is 3. The van der Waals surface area contributed by atoms with E-state index in [1.54, 1.807) is 0 Å². The zero-order chi connectivity index (χ0) is 34.3. The van der Waals surface area contributed by atoms with E-state index in [0.29, 0.717) is 12.8 Å². The third-order valence-corrected chi connectivity index (χ3v) is 8.81. The molecule has 0 aromatic rings. The maximum atomic E-state index is 12.5. The Hall–Kier alpha value is -0.520. The molecule has 0 radical (unpaired) electrons. The number of hydrogen-bond acceptors (Lipinski definition) is 10. The molecule has 0 heterocycles. The predicted octanol–water partition coefficient (Wildman–Crippen LogP) is 2.71. The van der Waals surface area contributed by atoms with E-state index in [1.807, 2.05) is 0 Å². The summed E-state index contributed by atoms with van der Waals surface area (Å²) in [5, 5.41) is 10.8. The van der Waals surface area contributed by atoms with Crippen molar-refractivity contribution in [2.75, 3.05) is 19.8 Å². The molecule has 0 aliphatic carbocycles. The first-order valence-electron chi connectivity index (χ1n) is 18.1. The summed E-state index contributed by atoms with van der Waals surface area (Å²) in [6, 6.07) is -1.42. The summed E-state index contributed by atoms with van der Waals surface area (Å²) in [6.45, 7) is 2.67. The van der Waals surface area contributed by atoms with Crippen molar-refractivity contribution < 1.29 is 82.8 Å². The standard InChI is InChI=1S/C34H66NO10P.Na/c1-3-5-7-9-11-13-15-17-19-21-23-25-32(36)42-27-30(28-43-46(40,41)44-29-31(35)34(38)39)45-33(37)26-24-22-20-18-16-14-12-10-8-6-4-2;/h30-31H,3-29,35H2,1-2H3,(H,38,39)(H,40,41);/q;+1/p-1. The molecule has 13 heteroatoms. The Kier molecular flexibility index (Phi) is 35.1. The average molecular weight is 702 g/mol. The molecule has 3 atom stereocenters. The summed E-state index contributed by atoms with van der Waals surface area (Å²) in [5.74, 6) is -2.57. The zero-order valence-electron chi connectivity index (χ0n) is 30.0. The van der Waals surface area contributed by atoms with Crippen LogP contribution < -0.4 is 45.3 Å². The number of carbonyl (C=O) groups is 3. The monoisotopic (exact) mass is 701 g/mol. The Morgan fingerprint density at radius 1 is 0.596 bits per heavy atom. The van der Waals surface area contributed by atoms with E-state index in [9.17, 15) is 28.9 Å². The van der Waals surface area contributed by atoms with E-state index in [2.05, 4.69) is 24.1 Å². The van der Waals surface area contributed by atoms with Crippen molar-refractivity contribution in [1.82, 2.24) is 0 Å². The first kappa shape index (κ1) is 48.6. The molecule has 0 fully saturated rings. The zero-order valence-corrected chi connectivity index (χ0v) is 32.9. The Morgan fingerprint density at radius 2 is 0.957 bits per heavy atom. The molecular formula is C34H65NNaO10P. The van der Waals surface area contributed by atoms with Crippen molar-refractivity contribution in [2.45, 2.75) is 180 Å². The Bertz CT molecular complexity index is 820. The number of hydrogen-bond donors (Lipinski definition) is 1. The van der Waals surface area contributed by atoms with Gasteiger partial charge in [0.1, 0.15) is 25.2 Å². The van der Waals surface area contributed by atoms with E-state index in [-0.39, 0.29) is 49.0 Å². The number of aliphatic carboxylic acids is 1. The number of carboxylic acid groups (broad SMARTS) is 1. The molecule has 0 bridgehead atoms. The van der Waals surface area contributed by atoms with Gasteiger partial charge >= 0.3 is 41.5 Å². The van der Waals surface area contributed by atoms with Crippen LogP contribution in [-0.2, 0) is 37.5 Å². The quantitative estimate of drug-likeness (QED) is 0.0454. The second kappa shape index (κ2) is 34.0. The van der Waals surface area contributed by atoms with E-state index in [4.69, 9.17) is 14.0 Å². The molecule has 0 aliphatic rings. The van der Waals surface area contributed by atoms with Gasteiger partial charge in [0.15, 0.2) is 6.10 Å². The number of rotatable bonds is 34. The first-order valence-corrected chi connectivity index (χ1v) is 19.6. The minimum Gasteiger partial charge on any atom is -0.756 e. The smallest absolute Gasteiger partial charge is 0.756 e. The summed E-state index contributed by atoms with van der Waals surface area (Å²) in [6.07, 6.45) is 24.5. The van der Waals surface area contributed by atoms with Crippen LogP contribution >= 0.6 is 7.82 Å². The summed E-state index contributed by atoms with van der Waals surface area (Å²) in [4.78, 5) is 47.7. The van der Waals surface area contributed by atoms with Gasteiger partial charge in [-0.05, 0) is 12.8 Å². The minimum atomic E-state index is -4.93. The van der Waals surface area contributed by atoms with Gasteiger partial charge in [0.05, 0.1) is 6.61 Å². The third kappa shape index (κ3) is 33.7. The van der Waals surface area contributed by atoms with Gasteiger partial charge in [0, 0.05) is 12.8 Å². The van der Waals surface area contributed by atoms with Crippen LogP contribution in [-0.4, -0.2) is 49.9 Å². The third-order valence-electron chi connectivity index (χ3n) is 7.88. The SMILES string of the molecule is CCCCCCCCCCCCCC(=O)OCC(COP(=O)([O-])OCC([NH3+])C(=O)[O-])OC(=O)CCCCCCCCCCCCC.[Na+]. The molecule has 0 saturated carbocycles. The molecule has 47 heavy (non-hydrogen) atoms.